The molecule has 5 heteroatoms. The van der Waals surface area contributed by atoms with Gasteiger partial charge in [-0.05, 0) is 24.6 Å². The quantitative estimate of drug-likeness (QED) is 0.438. The van der Waals surface area contributed by atoms with E-state index in [1.807, 2.05) is 31.2 Å². The van der Waals surface area contributed by atoms with Crippen LogP contribution in [0.1, 0.15) is 18.5 Å². The third-order valence-electron chi connectivity index (χ3n) is 1.58. The molecule has 13 heavy (non-hydrogen) atoms. The first-order chi connectivity index (χ1) is 6.24. The molecule has 0 amide bonds. The molecule has 0 aliphatic heterocycles. The Bertz CT molecular complexity index is 251. The first kappa shape index (κ1) is 10.5. The Labute approximate surface area is 81.3 Å². The van der Waals surface area contributed by atoms with Gasteiger partial charge in [-0.3, -0.25) is 0 Å². The molecule has 0 aliphatic carbocycles. The minimum absolute atomic E-state index is 0.0470. The molecular formula is C8H12N2O2S. The van der Waals surface area contributed by atoms with Crippen LogP contribution >= 0.6 is 12.0 Å². The number of nitrogens with two attached hydrogens (primary N) is 2. The van der Waals surface area contributed by atoms with Crippen molar-refractivity contribution in [3.63, 3.8) is 0 Å². The van der Waals surface area contributed by atoms with E-state index in [2.05, 4.69) is 9.32 Å². The van der Waals surface area contributed by atoms with Gasteiger partial charge in [0, 0.05) is 10.9 Å². The van der Waals surface area contributed by atoms with Crippen LogP contribution in [0, 0.1) is 0 Å². The Morgan fingerprint density at radius 3 is 2.38 bits per heavy atom. The molecule has 0 aliphatic rings. The van der Waals surface area contributed by atoms with E-state index in [1.165, 1.54) is 0 Å². The zero-order valence-electron chi connectivity index (χ0n) is 7.27. The maximum absolute atomic E-state index is 5.68. The van der Waals surface area contributed by atoms with Crippen molar-refractivity contribution in [1.82, 2.24) is 0 Å². The Morgan fingerprint density at radius 2 is 1.92 bits per heavy atom. The van der Waals surface area contributed by atoms with E-state index >= 15 is 0 Å². The van der Waals surface area contributed by atoms with Crippen molar-refractivity contribution in [2.45, 2.75) is 17.9 Å². The molecule has 0 fully saturated rings. The van der Waals surface area contributed by atoms with Crippen LogP contribution in [-0.2, 0) is 9.32 Å². The first-order valence-electron chi connectivity index (χ1n) is 3.79. The monoisotopic (exact) mass is 200 g/mol. The summed E-state index contributed by atoms with van der Waals surface area (Å²) in [5, 5.41) is 0. The zero-order valence-corrected chi connectivity index (χ0v) is 8.08. The van der Waals surface area contributed by atoms with Gasteiger partial charge < -0.3 is 5.73 Å². The zero-order chi connectivity index (χ0) is 9.68. The average Bonchev–Trinajstić information content (AvgIpc) is 2.15. The molecule has 0 radical (unpaired) electrons. The fourth-order valence-electron chi connectivity index (χ4n) is 0.886. The van der Waals surface area contributed by atoms with Crippen LogP contribution in [0.15, 0.2) is 29.2 Å². The molecule has 1 aromatic rings. The van der Waals surface area contributed by atoms with Crippen LogP contribution in [-0.4, -0.2) is 0 Å². The summed E-state index contributed by atoms with van der Waals surface area (Å²) >= 11 is 1.05. The molecule has 0 heterocycles. The Kier molecular flexibility index (Phi) is 4.20. The summed E-state index contributed by atoms with van der Waals surface area (Å²) in [5.41, 5.74) is 6.76. The lowest BCUT2D eigenvalue weighted by atomic mass is 10.1. The minimum atomic E-state index is 0.0470. The van der Waals surface area contributed by atoms with Crippen LogP contribution in [0.25, 0.3) is 0 Å². The summed E-state index contributed by atoms with van der Waals surface area (Å²) in [4.78, 5) is 4.87. The molecule has 0 saturated carbocycles. The van der Waals surface area contributed by atoms with Crippen molar-refractivity contribution in [3.05, 3.63) is 29.8 Å². The fourth-order valence-corrected chi connectivity index (χ4v) is 1.25. The van der Waals surface area contributed by atoms with Gasteiger partial charge in [0.05, 0.1) is 12.0 Å². The topological polar surface area (TPSA) is 70.5 Å². The van der Waals surface area contributed by atoms with Crippen LogP contribution in [0.2, 0.25) is 0 Å². The van der Waals surface area contributed by atoms with Crippen LogP contribution in [0.5, 0.6) is 0 Å². The minimum Gasteiger partial charge on any atom is -0.324 e. The van der Waals surface area contributed by atoms with Crippen molar-refractivity contribution in [1.29, 1.82) is 0 Å². The molecule has 1 aromatic carbocycles. The molecular weight excluding hydrogens is 188 g/mol. The van der Waals surface area contributed by atoms with E-state index < -0.39 is 0 Å². The normalized spacial score (nSPS) is 12.8. The SMILES string of the molecule is C[C@H](N)c1ccc(SOON)cc1. The van der Waals surface area contributed by atoms with E-state index in [0.29, 0.717) is 0 Å². The lowest BCUT2D eigenvalue weighted by Crippen LogP contribution is -2.04. The standard InChI is InChI=1S/C8H12N2O2S/c1-6(9)7-2-4-8(5-3-7)13-12-11-10/h2-6H,9-10H2,1H3/t6-/m0/s1. The van der Waals surface area contributed by atoms with Crippen molar-refractivity contribution in [2.75, 3.05) is 0 Å². The first-order valence-corrected chi connectivity index (χ1v) is 4.54. The number of benzene rings is 1. The van der Waals surface area contributed by atoms with Gasteiger partial charge in [0.15, 0.2) is 0 Å². The largest absolute Gasteiger partial charge is 0.324 e. The van der Waals surface area contributed by atoms with Gasteiger partial charge in [-0.2, -0.15) is 5.90 Å². The highest BCUT2D eigenvalue weighted by atomic mass is 32.2. The third-order valence-corrected chi connectivity index (χ3v) is 2.19. The summed E-state index contributed by atoms with van der Waals surface area (Å²) in [7, 11) is 0. The van der Waals surface area contributed by atoms with E-state index in [-0.39, 0.29) is 6.04 Å². The number of rotatable bonds is 4. The smallest absolute Gasteiger partial charge is 0.0702 e. The van der Waals surface area contributed by atoms with Gasteiger partial charge >= 0.3 is 0 Å². The van der Waals surface area contributed by atoms with E-state index in [9.17, 15) is 0 Å². The summed E-state index contributed by atoms with van der Waals surface area (Å²) < 4.78 is 4.48. The number of hydrogen-bond donors (Lipinski definition) is 2. The molecule has 0 bridgehead atoms. The molecule has 4 N–H and O–H groups in total. The molecule has 0 unspecified atom stereocenters. The second-order valence-electron chi connectivity index (χ2n) is 2.61. The molecule has 1 atom stereocenters. The second-order valence-corrected chi connectivity index (χ2v) is 3.38. The third kappa shape index (κ3) is 3.33. The summed E-state index contributed by atoms with van der Waals surface area (Å²) in [6.07, 6.45) is 0. The predicted molar refractivity (Wildman–Crippen MR) is 51.3 cm³/mol. The Hall–Kier alpha value is -0.590. The molecule has 4 nitrogen and oxygen atoms in total. The van der Waals surface area contributed by atoms with Gasteiger partial charge in [-0.15, -0.1) is 9.32 Å². The summed E-state index contributed by atoms with van der Waals surface area (Å²) in [5.74, 6) is 4.69. The molecule has 0 saturated heterocycles. The highest BCUT2D eigenvalue weighted by Crippen LogP contribution is 2.20. The van der Waals surface area contributed by atoms with Crippen molar-refractivity contribution in [3.8, 4) is 0 Å². The summed E-state index contributed by atoms with van der Waals surface area (Å²) in [6.45, 7) is 1.93. The van der Waals surface area contributed by atoms with Gasteiger partial charge in [0.2, 0.25) is 0 Å². The molecule has 0 aromatic heterocycles. The van der Waals surface area contributed by atoms with E-state index in [4.69, 9.17) is 11.6 Å². The van der Waals surface area contributed by atoms with Crippen LogP contribution < -0.4 is 11.6 Å². The van der Waals surface area contributed by atoms with Crippen molar-refractivity contribution < 1.29 is 9.32 Å². The Balaban J connectivity index is 2.59. The van der Waals surface area contributed by atoms with E-state index in [0.717, 1.165) is 22.5 Å². The highest BCUT2D eigenvalue weighted by Gasteiger charge is 1.99. The maximum Gasteiger partial charge on any atom is 0.0702 e. The van der Waals surface area contributed by atoms with Gasteiger partial charge in [-0.25, -0.2) is 0 Å². The molecule has 72 valence electrons. The second kappa shape index (κ2) is 5.21. The van der Waals surface area contributed by atoms with Crippen molar-refractivity contribution >= 4 is 12.0 Å². The maximum atomic E-state index is 5.68. The van der Waals surface area contributed by atoms with Gasteiger partial charge in [-0.1, -0.05) is 12.1 Å². The van der Waals surface area contributed by atoms with E-state index in [1.54, 1.807) is 0 Å². The molecule has 0 spiro atoms. The lowest BCUT2D eigenvalue weighted by Gasteiger charge is -2.05. The molecule has 1 rings (SSSR count). The fraction of sp³-hybridized carbons (Fsp3) is 0.250. The lowest BCUT2D eigenvalue weighted by molar-refractivity contribution is -0.195. The Morgan fingerprint density at radius 1 is 1.31 bits per heavy atom. The van der Waals surface area contributed by atoms with Gasteiger partial charge in [0.1, 0.15) is 0 Å². The van der Waals surface area contributed by atoms with Gasteiger partial charge in [0.25, 0.3) is 0 Å². The van der Waals surface area contributed by atoms with Crippen molar-refractivity contribution in [2.24, 2.45) is 11.6 Å². The average molecular weight is 200 g/mol. The number of hydrogen-bond acceptors (Lipinski definition) is 5. The van der Waals surface area contributed by atoms with Crippen LogP contribution in [0.3, 0.4) is 0 Å². The van der Waals surface area contributed by atoms with Crippen LogP contribution in [0.4, 0.5) is 0 Å². The highest BCUT2D eigenvalue weighted by molar-refractivity contribution is 7.94. The predicted octanol–water partition coefficient (Wildman–Crippen LogP) is 1.54. The summed E-state index contributed by atoms with van der Waals surface area (Å²) in [6, 6.07) is 7.70.